The normalized spacial score (nSPS) is 11.2. The molecule has 0 bridgehead atoms. The van der Waals surface area contributed by atoms with Crippen LogP contribution in [0.3, 0.4) is 0 Å². The first-order chi connectivity index (χ1) is 11.6. The van der Waals surface area contributed by atoms with Crippen molar-refractivity contribution in [2.24, 2.45) is 12.8 Å². The molecule has 7 heteroatoms. The molecule has 0 radical (unpaired) electrons. The molecule has 24 heavy (non-hydrogen) atoms. The highest BCUT2D eigenvalue weighted by Gasteiger charge is 2.18. The fraction of sp³-hybridized carbons (Fsp3) is 0.118. The number of aromatic nitrogens is 4. The van der Waals surface area contributed by atoms with E-state index in [4.69, 9.17) is 10.5 Å². The van der Waals surface area contributed by atoms with Crippen molar-refractivity contribution in [3.63, 3.8) is 0 Å². The van der Waals surface area contributed by atoms with Crippen molar-refractivity contribution >= 4 is 27.8 Å². The van der Waals surface area contributed by atoms with Crippen LogP contribution in [0.5, 0.6) is 5.75 Å². The molecule has 1 aromatic carbocycles. The number of primary amides is 1. The van der Waals surface area contributed by atoms with Gasteiger partial charge < -0.3 is 15.0 Å². The van der Waals surface area contributed by atoms with Gasteiger partial charge in [0, 0.05) is 29.6 Å². The second-order valence-corrected chi connectivity index (χ2v) is 5.56. The Balaban J connectivity index is 2.13. The van der Waals surface area contributed by atoms with Crippen LogP contribution in [0.1, 0.15) is 10.5 Å². The Morgan fingerprint density at radius 1 is 1.33 bits per heavy atom. The Kier molecular flexibility index (Phi) is 3.02. The van der Waals surface area contributed by atoms with E-state index in [2.05, 4.69) is 15.2 Å². The number of ether oxygens (including phenoxy) is 1. The van der Waals surface area contributed by atoms with Crippen molar-refractivity contribution < 1.29 is 9.53 Å². The van der Waals surface area contributed by atoms with Crippen LogP contribution in [-0.2, 0) is 7.05 Å². The number of pyridine rings is 1. The maximum atomic E-state index is 11.6. The van der Waals surface area contributed by atoms with Gasteiger partial charge in [0.1, 0.15) is 11.4 Å². The Bertz CT molecular complexity index is 1090. The van der Waals surface area contributed by atoms with Crippen LogP contribution in [-0.4, -0.2) is 32.8 Å². The van der Waals surface area contributed by atoms with Crippen LogP contribution in [0, 0.1) is 0 Å². The van der Waals surface area contributed by atoms with E-state index in [0.29, 0.717) is 5.65 Å². The number of aryl methyl sites for hydroxylation is 1. The lowest BCUT2D eigenvalue weighted by atomic mass is 10.0. The largest absolute Gasteiger partial charge is 0.496 e. The van der Waals surface area contributed by atoms with Crippen molar-refractivity contribution in [1.29, 1.82) is 0 Å². The molecule has 0 saturated carbocycles. The highest BCUT2D eigenvalue weighted by molar-refractivity contribution is 6.08. The number of rotatable bonds is 3. The fourth-order valence-corrected chi connectivity index (χ4v) is 3.06. The number of methoxy groups -OCH3 is 1. The molecule has 0 unspecified atom stereocenters. The first-order valence-electron chi connectivity index (χ1n) is 7.36. The molecule has 0 aliphatic rings. The average molecular weight is 321 g/mol. The van der Waals surface area contributed by atoms with Crippen LogP contribution in [0.15, 0.2) is 36.7 Å². The summed E-state index contributed by atoms with van der Waals surface area (Å²) in [6.45, 7) is 0. The highest BCUT2D eigenvalue weighted by Crippen LogP contribution is 2.39. The van der Waals surface area contributed by atoms with Gasteiger partial charge in [0.15, 0.2) is 5.65 Å². The minimum absolute atomic E-state index is 0.189. The molecule has 3 aromatic heterocycles. The number of nitrogens with one attached hydrogen (secondary N) is 1. The van der Waals surface area contributed by atoms with E-state index in [9.17, 15) is 4.79 Å². The highest BCUT2D eigenvalue weighted by atomic mass is 16.5. The fourth-order valence-electron chi connectivity index (χ4n) is 3.06. The molecule has 0 fully saturated rings. The van der Waals surface area contributed by atoms with Crippen molar-refractivity contribution in [2.75, 3.05) is 7.11 Å². The maximum Gasteiger partial charge on any atom is 0.267 e. The van der Waals surface area contributed by atoms with Gasteiger partial charge in [-0.05, 0) is 23.8 Å². The van der Waals surface area contributed by atoms with Crippen molar-refractivity contribution in [3.8, 4) is 16.9 Å². The molecule has 120 valence electrons. The van der Waals surface area contributed by atoms with Crippen molar-refractivity contribution in [2.45, 2.75) is 0 Å². The second-order valence-electron chi connectivity index (χ2n) is 5.56. The van der Waals surface area contributed by atoms with Gasteiger partial charge in [0.2, 0.25) is 0 Å². The maximum absolute atomic E-state index is 11.6. The van der Waals surface area contributed by atoms with Gasteiger partial charge in [-0.25, -0.2) is 4.98 Å². The molecule has 0 saturated heterocycles. The van der Waals surface area contributed by atoms with Gasteiger partial charge in [-0.3, -0.25) is 9.89 Å². The van der Waals surface area contributed by atoms with Crippen LogP contribution in [0.4, 0.5) is 0 Å². The summed E-state index contributed by atoms with van der Waals surface area (Å²) in [6, 6.07) is 7.57. The third-order valence-electron chi connectivity index (χ3n) is 4.16. The summed E-state index contributed by atoms with van der Waals surface area (Å²) < 4.78 is 7.55. The van der Waals surface area contributed by atoms with E-state index in [1.165, 1.54) is 0 Å². The monoisotopic (exact) mass is 321 g/mol. The molecule has 0 spiro atoms. The zero-order valence-electron chi connectivity index (χ0n) is 13.2. The van der Waals surface area contributed by atoms with Gasteiger partial charge in [-0.1, -0.05) is 6.07 Å². The standard InChI is InChI=1S/C17H15N5O2/c1-22-8-11(15-13(22)4-3-5-14(15)24-2)9-6-12(16(18)23)20-17-10(9)7-19-21-17/h3-8H,1-2H3,(H2,18,23)(H,19,20,21). The number of hydrogen-bond acceptors (Lipinski definition) is 4. The van der Waals surface area contributed by atoms with Crippen molar-refractivity contribution in [1.82, 2.24) is 19.7 Å². The van der Waals surface area contributed by atoms with E-state index in [-0.39, 0.29) is 5.69 Å². The number of H-pyrrole nitrogens is 1. The van der Waals surface area contributed by atoms with Crippen LogP contribution in [0.2, 0.25) is 0 Å². The summed E-state index contributed by atoms with van der Waals surface area (Å²) in [5.41, 5.74) is 8.93. The van der Waals surface area contributed by atoms with Crippen LogP contribution >= 0.6 is 0 Å². The zero-order valence-corrected chi connectivity index (χ0v) is 13.2. The van der Waals surface area contributed by atoms with E-state index in [0.717, 1.165) is 33.2 Å². The van der Waals surface area contributed by atoms with Gasteiger partial charge in [0.05, 0.1) is 18.8 Å². The number of nitrogens with zero attached hydrogens (tertiary/aromatic N) is 3. The predicted molar refractivity (Wildman–Crippen MR) is 90.9 cm³/mol. The smallest absolute Gasteiger partial charge is 0.267 e. The number of amides is 1. The summed E-state index contributed by atoms with van der Waals surface area (Å²) in [6.07, 6.45) is 3.69. The summed E-state index contributed by atoms with van der Waals surface area (Å²) in [5.74, 6) is 0.178. The molecule has 7 nitrogen and oxygen atoms in total. The predicted octanol–water partition coefficient (Wildman–Crippen LogP) is 2.22. The summed E-state index contributed by atoms with van der Waals surface area (Å²) in [4.78, 5) is 15.9. The molecule has 4 rings (SSSR count). The van der Waals surface area contributed by atoms with Crippen LogP contribution < -0.4 is 10.5 Å². The lowest BCUT2D eigenvalue weighted by Crippen LogP contribution is -2.13. The summed E-state index contributed by atoms with van der Waals surface area (Å²) >= 11 is 0. The van der Waals surface area contributed by atoms with E-state index < -0.39 is 5.91 Å². The molecule has 4 aromatic rings. The van der Waals surface area contributed by atoms with Gasteiger partial charge in [-0.2, -0.15) is 5.10 Å². The molecular formula is C17H15N5O2. The summed E-state index contributed by atoms with van der Waals surface area (Å²) in [5, 5.41) is 8.62. The third-order valence-corrected chi connectivity index (χ3v) is 4.16. The van der Waals surface area contributed by atoms with E-state index in [1.807, 2.05) is 36.0 Å². The Labute approximate surface area is 137 Å². The minimum atomic E-state index is -0.583. The Morgan fingerprint density at radius 3 is 2.92 bits per heavy atom. The molecule has 0 atom stereocenters. The van der Waals surface area contributed by atoms with Gasteiger partial charge in [0.25, 0.3) is 5.91 Å². The number of carbonyl (C=O) groups excluding carboxylic acids is 1. The quantitative estimate of drug-likeness (QED) is 0.604. The minimum Gasteiger partial charge on any atom is -0.496 e. The topological polar surface area (TPSA) is 98.8 Å². The summed E-state index contributed by atoms with van der Waals surface area (Å²) in [7, 11) is 3.61. The Morgan fingerprint density at radius 2 is 2.17 bits per heavy atom. The van der Waals surface area contributed by atoms with Crippen molar-refractivity contribution in [3.05, 3.63) is 42.4 Å². The Hall–Kier alpha value is -3.35. The average Bonchev–Trinajstić information content (AvgIpc) is 3.18. The lowest BCUT2D eigenvalue weighted by molar-refractivity contribution is 0.0996. The molecular weight excluding hydrogens is 306 g/mol. The number of nitrogens with two attached hydrogens (primary N) is 1. The zero-order chi connectivity index (χ0) is 16.8. The molecule has 1 amide bonds. The van der Waals surface area contributed by atoms with E-state index in [1.54, 1.807) is 19.4 Å². The molecule has 3 N–H and O–H groups in total. The lowest BCUT2D eigenvalue weighted by Gasteiger charge is -2.07. The first kappa shape index (κ1) is 14.3. The van der Waals surface area contributed by atoms with E-state index >= 15 is 0 Å². The number of carbonyl (C=O) groups is 1. The van der Waals surface area contributed by atoms with Gasteiger partial charge in [-0.15, -0.1) is 0 Å². The third kappa shape index (κ3) is 1.95. The SMILES string of the molecule is COc1cccc2c1c(-c1cc(C(N)=O)nc3[nH]ncc13)cn2C. The second kappa shape index (κ2) is 5.09. The number of aromatic amines is 1. The number of fused-ring (bicyclic) bond motifs is 2. The molecule has 0 aliphatic carbocycles. The number of hydrogen-bond donors (Lipinski definition) is 2. The van der Waals surface area contributed by atoms with Gasteiger partial charge >= 0.3 is 0 Å². The number of benzene rings is 1. The van der Waals surface area contributed by atoms with Crippen LogP contribution in [0.25, 0.3) is 33.1 Å². The molecule has 3 heterocycles. The molecule has 0 aliphatic heterocycles. The first-order valence-corrected chi connectivity index (χ1v) is 7.36.